The third kappa shape index (κ3) is 4.37. The molecule has 1 atom stereocenters. The first-order valence-electron chi connectivity index (χ1n) is 11.7. The molecule has 1 N–H and O–H groups in total. The molecule has 9 nitrogen and oxygen atoms in total. The number of hydrogen-bond donors (Lipinski definition) is 1. The van der Waals surface area contributed by atoms with E-state index >= 15 is 0 Å². The van der Waals surface area contributed by atoms with E-state index in [-0.39, 0.29) is 12.1 Å². The van der Waals surface area contributed by atoms with Crippen LogP contribution in [0.25, 0.3) is 0 Å². The van der Waals surface area contributed by atoms with E-state index in [1.807, 2.05) is 34.7 Å². The van der Waals surface area contributed by atoms with Gasteiger partial charge >= 0.3 is 6.03 Å². The van der Waals surface area contributed by atoms with E-state index in [1.165, 1.54) is 5.56 Å². The normalized spacial score (nSPS) is 17.9. The molecule has 0 spiro atoms. The summed E-state index contributed by atoms with van der Waals surface area (Å²) in [5.41, 5.74) is 4.29. The van der Waals surface area contributed by atoms with Crippen molar-refractivity contribution in [2.45, 2.75) is 52.2 Å². The largest absolute Gasteiger partial charge is 0.377 e. The van der Waals surface area contributed by atoms with Crippen molar-refractivity contribution in [3.05, 3.63) is 64.5 Å². The Morgan fingerprint density at radius 3 is 2.88 bits per heavy atom. The van der Waals surface area contributed by atoms with Crippen LogP contribution >= 0.6 is 0 Å². The molecule has 0 saturated carbocycles. The summed E-state index contributed by atoms with van der Waals surface area (Å²) < 4.78 is 9.99. The number of morpholine rings is 1. The first-order chi connectivity index (χ1) is 16.1. The topological polar surface area (TPSA) is 90.1 Å². The second kappa shape index (κ2) is 9.35. The molecule has 33 heavy (non-hydrogen) atoms. The number of aryl methyl sites for hydroxylation is 2. The zero-order valence-corrected chi connectivity index (χ0v) is 19.3. The van der Waals surface area contributed by atoms with Gasteiger partial charge in [0.05, 0.1) is 31.5 Å². The summed E-state index contributed by atoms with van der Waals surface area (Å²) in [5, 5.41) is 16.4. The Labute approximate surface area is 193 Å². The number of ether oxygens (including phenoxy) is 1. The number of amides is 2. The zero-order chi connectivity index (χ0) is 22.8. The lowest BCUT2D eigenvalue weighted by Crippen LogP contribution is -2.48. The van der Waals surface area contributed by atoms with Crippen LogP contribution in [0.1, 0.15) is 46.6 Å². The van der Waals surface area contributed by atoms with E-state index in [9.17, 15) is 4.79 Å². The van der Waals surface area contributed by atoms with Gasteiger partial charge in [-0.2, -0.15) is 5.10 Å². The van der Waals surface area contributed by atoms with Crippen LogP contribution in [-0.2, 0) is 30.7 Å². The van der Waals surface area contributed by atoms with Gasteiger partial charge in [0.15, 0.2) is 0 Å². The molecule has 1 unspecified atom stereocenters. The molecule has 2 amide bonds. The maximum absolute atomic E-state index is 13.2. The molecular formula is C24H31N7O2. The van der Waals surface area contributed by atoms with Gasteiger partial charge in [-0.15, -0.1) is 10.2 Å². The van der Waals surface area contributed by atoms with Crippen LogP contribution in [0.5, 0.6) is 0 Å². The van der Waals surface area contributed by atoms with E-state index in [4.69, 9.17) is 9.84 Å². The van der Waals surface area contributed by atoms with Gasteiger partial charge < -0.3 is 19.5 Å². The van der Waals surface area contributed by atoms with Crippen molar-refractivity contribution in [1.82, 2.24) is 34.8 Å². The van der Waals surface area contributed by atoms with Crippen LogP contribution in [0.15, 0.2) is 30.3 Å². The van der Waals surface area contributed by atoms with Crippen molar-refractivity contribution in [3.63, 3.8) is 0 Å². The number of carbonyl (C=O) groups excluding carboxylic acids is 1. The zero-order valence-electron chi connectivity index (χ0n) is 19.3. The van der Waals surface area contributed by atoms with Gasteiger partial charge in [-0.1, -0.05) is 30.3 Å². The quantitative estimate of drug-likeness (QED) is 0.624. The van der Waals surface area contributed by atoms with Crippen molar-refractivity contribution in [3.8, 4) is 0 Å². The lowest BCUT2D eigenvalue weighted by molar-refractivity contribution is 0.0112. The van der Waals surface area contributed by atoms with Crippen LogP contribution in [0, 0.1) is 13.8 Å². The van der Waals surface area contributed by atoms with E-state index in [0.29, 0.717) is 39.3 Å². The monoisotopic (exact) mass is 449 g/mol. The summed E-state index contributed by atoms with van der Waals surface area (Å²) in [4.78, 5) is 15.0. The maximum Gasteiger partial charge on any atom is 0.318 e. The molecule has 1 saturated heterocycles. The maximum atomic E-state index is 13.2. The predicted molar refractivity (Wildman–Crippen MR) is 123 cm³/mol. The number of carbonyl (C=O) groups is 1. The number of fused-ring (bicyclic) bond motifs is 1. The van der Waals surface area contributed by atoms with Gasteiger partial charge in [-0.05, 0) is 25.8 Å². The Hall–Kier alpha value is -3.20. The number of nitrogens with one attached hydrogen (secondary N) is 1. The summed E-state index contributed by atoms with van der Waals surface area (Å²) >= 11 is 0. The van der Waals surface area contributed by atoms with Crippen molar-refractivity contribution in [1.29, 1.82) is 0 Å². The highest BCUT2D eigenvalue weighted by atomic mass is 16.5. The highest BCUT2D eigenvalue weighted by Gasteiger charge is 2.32. The Kier molecular flexibility index (Phi) is 6.13. The third-order valence-electron chi connectivity index (χ3n) is 6.65. The molecule has 2 aliphatic rings. The standard InChI is InChI=1S/C24H31N7O2/c1-17-23(18(2)31(28-17)15-19-7-4-3-5-8-19)20-16-33-14-13-29(20)24(32)25-11-10-22-27-26-21-9-6-12-30(21)22/h3-5,7-8,20H,6,9-16H2,1-2H3,(H,25,32). The van der Waals surface area contributed by atoms with Gasteiger partial charge in [0.25, 0.3) is 0 Å². The number of urea groups is 1. The summed E-state index contributed by atoms with van der Waals surface area (Å²) in [6.45, 7) is 7.88. The van der Waals surface area contributed by atoms with E-state index in [0.717, 1.165) is 48.0 Å². The van der Waals surface area contributed by atoms with Crippen LogP contribution in [-0.4, -0.2) is 61.8 Å². The van der Waals surface area contributed by atoms with E-state index in [1.54, 1.807) is 0 Å². The Morgan fingerprint density at radius 1 is 1.18 bits per heavy atom. The molecule has 2 aliphatic heterocycles. The molecule has 174 valence electrons. The average molecular weight is 450 g/mol. The van der Waals surface area contributed by atoms with Crippen molar-refractivity contribution in [2.24, 2.45) is 0 Å². The molecule has 4 heterocycles. The summed E-state index contributed by atoms with van der Waals surface area (Å²) in [7, 11) is 0. The van der Waals surface area contributed by atoms with Gasteiger partial charge in [0.2, 0.25) is 0 Å². The average Bonchev–Trinajstić information content (AvgIpc) is 3.51. The molecule has 9 heteroatoms. The molecule has 2 aromatic heterocycles. The SMILES string of the molecule is Cc1nn(Cc2ccccc2)c(C)c1C1COCCN1C(=O)NCCc1nnc2n1CCC2. The first-order valence-corrected chi connectivity index (χ1v) is 11.7. The fraction of sp³-hybridized carbons (Fsp3) is 0.500. The van der Waals surface area contributed by atoms with Crippen LogP contribution in [0.3, 0.4) is 0 Å². The van der Waals surface area contributed by atoms with E-state index < -0.39 is 0 Å². The molecule has 3 aromatic rings. The Morgan fingerprint density at radius 2 is 2.03 bits per heavy atom. The molecule has 0 radical (unpaired) electrons. The smallest absolute Gasteiger partial charge is 0.318 e. The highest BCUT2D eigenvalue weighted by molar-refractivity contribution is 5.75. The third-order valence-corrected chi connectivity index (χ3v) is 6.65. The lowest BCUT2D eigenvalue weighted by atomic mass is 10.0. The first kappa shape index (κ1) is 21.6. The number of aromatic nitrogens is 5. The van der Waals surface area contributed by atoms with Crippen molar-refractivity contribution >= 4 is 6.03 Å². The van der Waals surface area contributed by atoms with Gasteiger partial charge in [0.1, 0.15) is 11.6 Å². The van der Waals surface area contributed by atoms with Gasteiger partial charge in [0, 0.05) is 43.7 Å². The number of hydrogen-bond acceptors (Lipinski definition) is 5. The molecule has 0 aliphatic carbocycles. The summed E-state index contributed by atoms with van der Waals surface area (Å²) in [5.74, 6) is 2.01. The second-order valence-electron chi connectivity index (χ2n) is 8.78. The second-order valence-corrected chi connectivity index (χ2v) is 8.78. The minimum atomic E-state index is -0.152. The van der Waals surface area contributed by atoms with Crippen LogP contribution < -0.4 is 5.32 Å². The molecule has 1 aromatic carbocycles. The van der Waals surface area contributed by atoms with Crippen molar-refractivity contribution in [2.75, 3.05) is 26.3 Å². The van der Waals surface area contributed by atoms with E-state index in [2.05, 4.69) is 39.1 Å². The van der Waals surface area contributed by atoms with Crippen molar-refractivity contribution < 1.29 is 9.53 Å². The fourth-order valence-corrected chi connectivity index (χ4v) is 4.97. The van der Waals surface area contributed by atoms with Crippen LogP contribution in [0.2, 0.25) is 0 Å². The number of rotatable bonds is 6. The Balaban J connectivity index is 1.27. The number of nitrogens with zero attached hydrogens (tertiary/aromatic N) is 6. The molecule has 5 rings (SSSR count). The summed E-state index contributed by atoms with van der Waals surface area (Å²) in [6.07, 6.45) is 2.79. The van der Waals surface area contributed by atoms with Crippen LogP contribution in [0.4, 0.5) is 4.79 Å². The molecule has 0 bridgehead atoms. The minimum absolute atomic E-state index is 0.0703. The Bertz CT molecular complexity index is 1120. The predicted octanol–water partition coefficient (Wildman–Crippen LogP) is 2.41. The minimum Gasteiger partial charge on any atom is -0.377 e. The molecular weight excluding hydrogens is 418 g/mol. The lowest BCUT2D eigenvalue weighted by Gasteiger charge is -2.36. The van der Waals surface area contributed by atoms with Gasteiger partial charge in [-0.3, -0.25) is 4.68 Å². The van der Waals surface area contributed by atoms with Gasteiger partial charge in [-0.25, -0.2) is 4.79 Å². The fourth-order valence-electron chi connectivity index (χ4n) is 4.97. The number of benzene rings is 1. The summed E-state index contributed by atoms with van der Waals surface area (Å²) in [6, 6.07) is 10.1. The molecule has 1 fully saturated rings. The highest BCUT2D eigenvalue weighted by Crippen LogP contribution is 2.30.